The number of rotatable bonds is 6. The van der Waals surface area contributed by atoms with E-state index in [1.54, 1.807) is 17.4 Å². The van der Waals surface area contributed by atoms with Gasteiger partial charge in [0.2, 0.25) is 0 Å². The Hall–Kier alpha value is -0.430. The molecule has 0 atom stereocenters. The van der Waals surface area contributed by atoms with Gasteiger partial charge in [0.25, 0.3) is 10.0 Å². The highest BCUT2D eigenvalue weighted by Crippen LogP contribution is 2.29. The van der Waals surface area contributed by atoms with Crippen molar-refractivity contribution in [2.24, 2.45) is 0 Å². The maximum absolute atomic E-state index is 12.6. The molecule has 0 aliphatic heterocycles. The fourth-order valence-corrected chi connectivity index (χ4v) is 5.77. The van der Waals surface area contributed by atoms with E-state index in [1.165, 1.54) is 11.3 Å². The second kappa shape index (κ2) is 7.22. The normalized spacial score (nSPS) is 23.6. The monoisotopic (exact) mass is 330 g/mol. The van der Waals surface area contributed by atoms with E-state index in [2.05, 4.69) is 12.2 Å². The molecule has 0 amide bonds. The summed E-state index contributed by atoms with van der Waals surface area (Å²) in [7, 11) is -1.59. The third-order valence-corrected chi connectivity index (χ3v) is 7.62. The number of hydrogen-bond donors (Lipinski definition) is 1. The van der Waals surface area contributed by atoms with Gasteiger partial charge in [0.15, 0.2) is 0 Å². The first-order valence-electron chi connectivity index (χ1n) is 7.73. The summed E-state index contributed by atoms with van der Waals surface area (Å²) >= 11 is 1.36. The topological polar surface area (TPSA) is 49.4 Å². The van der Waals surface area contributed by atoms with Crippen molar-refractivity contribution in [1.82, 2.24) is 9.62 Å². The van der Waals surface area contributed by atoms with Crippen molar-refractivity contribution >= 4 is 21.4 Å². The van der Waals surface area contributed by atoms with Gasteiger partial charge < -0.3 is 5.32 Å². The molecule has 1 heterocycles. The molecule has 0 saturated heterocycles. The predicted octanol–water partition coefficient (Wildman–Crippen LogP) is 2.99. The van der Waals surface area contributed by atoms with Crippen LogP contribution in [0.25, 0.3) is 0 Å². The number of nitrogens with zero attached hydrogens (tertiary/aromatic N) is 1. The van der Waals surface area contributed by atoms with E-state index < -0.39 is 10.0 Å². The zero-order valence-corrected chi connectivity index (χ0v) is 14.8. The fourth-order valence-electron chi connectivity index (χ4n) is 2.88. The van der Waals surface area contributed by atoms with Crippen LogP contribution in [0.2, 0.25) is 0 Å². The van der Waals surface area contributed by atoms with E-state index >= 15 is 0 Å². The van der Waals surface area contributed by atoms with Gasteiger partial charge in [-0.25, -0.2) is 8.42 Å². The maximum atomic E-state index is 12.6. The molecule has 0 bridgehead atoms. The molecule has 4 nitrogen and oxygen atoms in total. The van der Waals surface area contributed by atoms with Crippen molar-refractivity contribution in [3.63, 3.8) is 0 Å². The third-order valence-electron chi connectivity index (χ3n) is 4.24. The molecule has 21 heavy (non-hydrogen) atoms. The zero-order valence-electron chi connectivity index (χ0n) is 13.1. The van der Waals surface area contributed by atoms with Crippen molar-refractivity contribution in [3.05, 3.63) is 17.0 Å². The summed E-state index contributed by atoms with van der Waals surface area (Å²) in [5.41, 5.74) is 0. The Morgan fingerprint density at radius 1 is 1.29 bits per heavy atom. The number of thiophene rings is 1. The van der Waals surface area contributed by atoms with Gasteiger partial charge in [-0.1, -0.05) is 6.92 Å². The molecule has 2 rings (SSSR count). The van der Waals surface area contributed by atoms with Crippen molar-refractivity contribution in [3.8, 4) is 0 Å². The van der Waals surface area contributed by atoms with Gasteiger partial charge in [-0.05, 0) is 57.7 Å². The average Bonchev–Trinajstić information content (AvgIpc) is 2.92. The molecule has 1 aliphatic carbocycles. The standard InChI is InChI=1S/C15H26N2O2S2/c1-4-11-16-13-6-8-14(9-7-13)17(3)21(18,19)15-10-5-12(2)20-15/h5,10,13-14,16H,4,6-9,11H2,1-3H3. The lowest BCUT2D eigenvalue weighted by Crippen LogP contribution is -2.43. The van der Waals surface area contributed by atoms with E-state index in [4.69, 9.17) is 0 Å². The molecule has 1 N–H and O–H groups in total. The summed E-state index contributed by atoms with van der Waals surface area (Å²) in [6, 6.07) is 4.29. The zero-order chi connectivity index (χ0) is 15.5. The van der Waals surface area contributed by atoms with E-state index in [9.17, 15) is 8.42 Å². The molecule has 0 radical (unpaired) electrons. The fraction of sp³-hybridized carbons (Fsp3) is 0.733. The van der Waals surface area contributed by atoms with Gasteiger partial charge in [0.05, 0.1) is 0 Å². The minimum atomic E-state index is -3.32. The minimum Gasteiger partial charge on any atom is -0.314 e. The number of aryl methyl sites for hydroxylation is 1. The van der Waals surface area contributed by atoms with Crippen LogP contribution in [0.15, 0.2) is 16.3 Å². The molecular weight excluding hydrogens is 304 g/mol. The lowest BCUT2D eigenvalue weighted by molar-refractivity contribution is 0.250. The molecule has 1 aliphatic rings. The van der Waals surface area contributed by atoms with E-state index in [0.717, 1.165) is 43.5 Å². The van der Waals surface area contributed by atoms with Crippen molar-refractivity contribution in [1.29, 1.82) is 0 Å². The van der Waals surface area contributed by atoms with Gasteiger partial charge in [-0.3, -0.25) is 0 Å². The summed E-state index contributed by atoms with van der Waals surface area (Å²) in [6.07, 6.45) is 5.16. The summed E-state index contributed by atoms with van der Waals surface area (Å²) in [4.78, 5) is 1.04. The van der Waals surface area contributed by atoms with Gasteiger partial charge in [-0.2, -0.15) is 4.31 Å². The van der Waals surface area contributed by atoms with Crippen LogP contribution in [0.3, 0.4) is 0 Å². The van der Waals surface area contributed by atoms with Gasteiger partial charge in [0.1, 0.15) is 4.21 Å². The molecule has 1 aromatic rings. The van der Waals surface area contributed by atoms with Crippen LogP contribution in [0, 0.1) is 6.92 Å². The Kier molecular flexibility index (Phi) is 5.82. The van der Waals surface area contributed by atoms with Gasteiger partial charge in [-0.15, -0.1) is 11.3 Å². The Morgan fingerprint density at radius 2 is 1.95 bits per heavy atom. The SMILES string of the molecule is CCCNC1CCC(N(C)S(=O)(=O)c2ccc(C)s2)CC1. The van der Waals surface area contributed by atoms with Crippen LogP contribution in [0.4, 0.5) is 0 Å². The highest BCUT2D eigenvalue weighted by atomic mass is 32.2. The quantitative estimate of drug-likeness (QED) is 0.872. The molecule has 6 heteroatoms. The van der Waals surface area contributed by atoms with E-state index in [1.807, 2.05) is 13.0 Å². The lowest BCUT2D eigenvalue weighted by atomic mass is 9.91. The van der Waals surface area contributed by atoms with Crippen LogP contribution in [-0.2, 0) is 10.0 Å². The van der Waals surface area contributed by atoms with E-state index in [0.29, 0.717) is 10.3 Å². The Labute approximate surface area is 132 Å². The van der Waals surface area contributed by atoms with Crippen LogP contribution < -0.4 is 5.32 Å². The first-order valence-corrected chi connectivity index (χ1v) is 9.98. The summed E-state index contributed by atoms with van der Waals surface area (Å²) in [5.74, 6) is 0. The molecule has 0 aromatic carbocycles. The average molecular weight is 331 g/mol. The third kappa shape index (κ3) is 4.06. The van der Waals surface area contributed by atoms with Crippen LogP contribution in [-0.4, -0.2) is 38.4 Å². The van der Waals surface area contributed by atoms with Gasteiger partial charge >= 0.3 is 0 Å². The van der Waals surface area contributed by atoms with Crippen LogP contribution in [0.5, 0.6) is 0 Å². The lowest BCUT2D eigenvalue weighted by Gasteiger charge is -2.34. The second-order valence-corrected chi connectivity index (χ2v) is 9.36. The van der Waals surface area contributed by atoms with Crippen molar-refractivity contribution in [2.75, 3.05) is 13.6 Å². The van der Waals surface area contributed by atoms with E-state index in [-0.39, 0.29) is 6.04 Å². The van der Waals surface area contributed by atoms with Crippen molar-refractivity contribution < 1.29 is 8.42 Å². The highest BCUT2D eigenvalue weighted by Gasteiger charge is 2.31. The van der Waals surface area contributed by atoms with Crippen LogP contribution >= 0.6 is 11.3 Å². The van der Waals surface area contributed by atoms with Gasteiger partial charge in [0, 0.05) is 24.0 Å². The highest BCUT2D eigenvalue weighted by molar-refractivity contribution is 7.91. The predicted molar refractivity (Wildman–Crippen MR) is 88.3 cm³/mol. The molecule has 0 unspecified atom stereocenters. The second-order valence-electron chi connectivity index (χ2n) is 5.85. The first-order chi connectivity index (χ1) is 9.95. The molecule has 1 aromatic heterocycles. The molecule has 1 saturated carbocycles. The molecular formula is C15H26N2O2S2. The number of nitrogens with one attached hydrogen (secondary N) is 1. The number of hydrogen-bond acceptors (Lipinski definition) is 4. The Bertz CT molecular complexity index is 546. The summed E-state index contributed by atoms with van der Waals surface area (Å²) in [6.45, 7) is 5.16. The number of sulfonamides is 1. The molecule has 0 spiro atoms. The Morgan fingerprint density at radius 3 is 2.48 bits per heavy atom. The molecule has 120 valence electrons. The van der Waals surface area contributed by atoms with Crippen molar-refractivity contribution in [2.45, 2.75) is 62.2 Å². The minimum absolute atomic E-state index is 0.136. The maximum Gasteiger partial charge on any atom is 0.252 e. The molecule has 1 fully saturated rings. The largest absolute Gasteiger partial charge is 0.314 e. The van der Waals surface area contributed by atoms with Crippen LogP contribution in [0.1, 0.15) is 43.9 Å². The Balaban J connectivity index is 1.97. The summed E-state index contributed by atoms with van der Waals surface area (Å²) < 4.78 is 27.3. The smallest absolute Gasteiger partial charge is 0.252 e. The first kappa shape index (κ1) is 16.9. The summed E-state index contributed by atoms with van der Waals surface area (Å²) in [5, 5.41) is 3.54.